The molecule has 0 unspecified atom stereocenters. The first-order chi connectivity index (χ1) is 6.29. The minimum absolute atomic E-state index is 0.0843. The molecule has 0 aromatic heterocycles. The number of ether oxygens (including phenoxy) is 1. The lowest BCUT2D eigenvalue weighted by molar-refractivity contribution is -0.118. The molecule has 1 aliphatic rings. The predicted octanol–water partition coefficient (Wildman–Crippen LogP) is 0.476. The third-order valence-corrected chi connectivity index (χ3v) is 1.91. The average Bonchev–Trinajstić information content (AvgIpc) is 2.17. The zero-order chi connectivity index (χ0) is 9.26. The van der Waals surface area contributed by atoms with E-state index in [9.17, 15) is 4.79 Å². The number of benzene rings is 1. The number of hydrogen-bond donors (Lipinski definition) is 2. The maximum atomic E-state index is 10.9. The van der Waals surface area contributed by atoms with Gasteiger partial charge in [0.15, 0.2) is 6.61 Å². The van der Waals surface area contributed by atoms with Crippen molar-refractivity contribution in [3.63, 3.8) is 0 Å². The highest BCUT2D eigenvalue weighted by Gasteiger charge is 2.15. The first kappa shape index (κ1) is 8.07. The Kier molecular flexibility index (Phi) is 1.90. The summed E-state index contributed by atoms with van der Waals surface area (Å²) in [7, 11) is 0. The molecule has 0 radical (unpaired) electrons. The van der Waals surface area contributed by atoms with Gasteiger partial charge in [0.05, 0.1) is 5.69 Å². The monoisotopic (exact) mass is 178 g/mol. The minimum atomic E-state index is -0.118. The van der Waals surface area contributed by atoms with Crippen molar-refractivity contribution in [2.24, 2.45) is 5.73 Å². The molecule has 3 N–H and O–H groups in total. The molecule has 0 spiro atoms. The topological polar surface area (TPSA) is 64.3 Å². The van der Waals surface area contributed by atoms with E-state index in [1.165, 1.54) is 0 Å². The zero-order valence-corrected chi connectivity index (χ0v) is 7.04. The van der Waals surface area contributed by atoms with Gasteiger partial charge in [0.25, 0.3) is 5.91 Å². The van der Waals surface area contributed by atoms with Crippen LogP contribution in [-0.2, 0) is 11.3 Å². The Morgan fingerprint density at radius 1 is 1.54 bits per heavy atom. The molecular weight excluding hydrogens is 168 g/mol. The van der Waals surface area contributed by atoms with Gasteiger partial charge in [0.2, 0.25) is 0 Å². The van der Waals surface area contributed by atoms with Crippen molar-refractivity contribution in [1.82, 2.24) is 0 Å². The molecule has 1 aliphatic heterocycles. The van der Waals surface area contributed by atoms with Crippen molar-refractivity contribution in [1.29, 1.82) is 0 Å². The van der Waals surface area contributed by atoms with E-state index in [4.69, 9.17) is 10.5 Å². The fourth-order valence-electron chi connectivity index (χ4n) is 1.25. The fourth-order valence-corrected chi connectivity index (χ4v) is 1.25. The van der Waals surface area contributed by atoms with Gasteiger partial charge in [-0.1, -0.05) is 6.07 Å². The van der Waals surface area contributed by atoms with Crippen LogP contribution in [0.1, 0.15) is 5.56 Å². The molecule has 68 valence electrons. The standard InChI is InChI=1S/C9H10N2O2/c10-4-6-1-2-7-8(3-6)13-5-9(12)11-7/h1-3H,4-5,10H2,(H,11,12). The summed E-state index contributed by atoms with van der Waals surface area (Å²) in [5, 5.41) is 2.71. The summed E-state index contributed by atoms with van der Waals surface area (Å²) < 4.78 is 5.21. The van der Waals surface area contributed by atoms with E-state index < -0.39 is 0 Å². The van der Waals surface area contributed by atoms with Gasteiger partial charge in [-0.2, -0.15) is 0 Å². The van der Waals surface area contributed by atoms with E-state index in [1.54, 1.807) is 6.07 Å². The molecule has 13 heavy (non-hydrogen) atoms. The number of hydrogen-bond acceptors (Lipinski definition) is 3. The molecule has 1 aromatic rings. The summed E-state index contributed by atoms with van der Waals surface area (Å²) in [6.07, 6.45) is 0. The van der Waals surface area contributed by atoms with Crippen molar-refractivity contribution < 1.29 is 9.53 Å². The summed E-state index contributed by atoms with van der Waals surface area (Å²) in [5.74, 6) is 0.579. The van der Waals surface area contributed by atoms with Crippen molar-refractivity contribution in [3.8, 4) is 5.75 Å². The van der Waals surface area contributed by atoms with Crippen LogP contribution in [0.5, 0.6) is 5.75 Å². The molecule has 0 saturated heterocycles. The molecule has 1 heterocycles. The number of anilines is 1. The van der Waals surface area contributed by atoms with Crippen LogP contribution in [0.2, 0.25) is 0 Å². The van der Waals surface area contributed by atoms with E-state index in [0.717, 1.165) is 5.56 Å². The van der Waals surface area contributed by atoms with Gasteiger partial charge >= 0.3 is 0 Å². The van der Waals surface area contributed by atoms with Crippen LogP contribution in [0.15, 0.2) is 18.2 Å². The molecule has 1 amide bonds. The Hall–Kier alpha value is -1.55. The van der Waals surface area contributed by atoms with E-state index in [1.807, 2.05) is 12.1 Å². The van der Waals surface area contributed by atoms with Gasteiger partial charge < -0.3 is 15.8 Å². The maximum Gasteiger partial charge on any atom is 0.262 e. The third kappa shape index (κ3) is 1.48. The van der Waals surface area contributed by atoms with E-state index in [-0.39, 0.29) is 12.5 Å². The van der Waals surface area contributed by atoms with Crippen LogP contribution in [0.25, 0.3) is 0 Å². The Balaban J connectivity index is 2.36. The summed E-state index contributed by atoms with van der Waals surface area (Å²) in [5.41, 5.74) is 7.18. The lowest BCUT2D eigenvalue weighted by Gasteiger charge is -2.18. The fraction of sp³-hybridized carbons (Fsp3) is 0.222. The Labute approximate surface area is 75.7 Å². The molecule has 1 aromatic carbocycles. The Bertz CT molecular complexity index is 349. The second kappa shape index (κ2) is 3.06. The predicted molar refractivity (Wildman–Crippen MR) is 48.5 cm³/mol. The zero-order valence-electron chi connectivity index (χ0n) is 7.04. The van der Waals surface area contributed by atoms with Gasteiger partial charge in [-0.15, -0.1) is 0 Å². The first-order valence-electron chi connectivity index (χ1n) is 4.05. The lowest BCUT2D eigenvalue weighted by Crippen LogP contribution is -2.25. The highest BCUT2D eigenvalue weighted by Crippen LogP contribution is 2.28. The van der Waals surface area contributed by atoms with Crippen LogP contribution in [0.4, 0.5) is 5.69 Å². The smallest absolute Gasteiger partial charge is 0.262 e. The normalized spacial score (nSPS) is 14.4. The number of carbonyl (C=O) groups is 1. The molecule has 0 atom stereocenters. The van der Waals surface area contributed by atoms with E-state index >= 15 is 0 Å². The van der Waals surface area contributed by atoms with Gasteiger partial charge in [-0.25, -0.2) is 0 Å². The molecule has 0 bridgehead atoms. The summed E-state index contributed by atoms with van der Waals surface area (Å²) >= 11 is 0. The van der Waals surface area contributed by atoms with Crippen LogP contribution in [0.3, 0.4) is 0 Å². The van der Waals surface area contributed by atoms with Crippen molar-refractivity contribution in [3.05, 3.63) is 23.8 Å². The molecule has 4 nitrogen and oxygen atoms in total. The van der Waals surface area contributed by atoms with Gasteiger partial charge in [0.1, 0.15) is 5.75 Å². The van der Waals surface area contributed by atoms with Crippen molar-refractivity contribution in [2.45, 2.75) is 6.54 Å². The lowest BCUT2D eigenvalue weighted by atomic mass is 10.2. The van der Waals surface area contributed by atoms with Crippen LogP contribution in [-0.4, -0.2) is 12.5 Å². The average molecular weight is 178 g/mol. The van der Waals surface area contributed by atoms with E-state index in [0.29, 0.717) is 18.0 Å². The molecule has 0 aliphatic carbocycles. The Morgan fingerprint density at radius 2 is 2.38 bits per heavy atom. The van der Waals surface area contributed by atoms with Crippen LogP contribution < -0.4 is 15.8 Å². The van der Waals surface area contributed by atoms with Gasteiger partial charge in [-0.3, -0.25) is 4.79 Å². The second-order valence-corrected chi connectivity index (χ2v) is 2.87. The molecule has 0 saturated carbocycles. The maximum absolute atomic E-state index is 10.9. The van der Waals surface area contributed by atoms with Crippen LogP contribution in [0, 0.1) is 0 Å². The van der Waals surface area contributed by atoms with Crippen molar-refractivity contribution >= 4 is 11.6 Å². The number of nitrogens with one attached hydrogen (secondary N) is 1. The number of fused-ring (bicyclic) bond motifs is 1. The minimum Gasteiger partial charge on any atom is -0.482 e. The molecule has 4 heteroatoms. The SMILES string of the molecule is NCc1ccc2c(c1)OCC(=O)N2. The van der Waals surface area contributed by atoms with E-state index in [2.05, 4.69) is 5.32 Å². The quantitative estimate of drug-likeness (QED) is 0.657. The van der Waals surface area contributed by atoms with Gasteiger partial charge in [-0.05, 0) is 17.7 Å². The third-order valence-electron chi connectivity index (χ3n) is 1.91. The van der Waals surface area contributed by atoms with Crippen molar-refractivity contribution in [2.75, 3.05) is 11.9 Å². The van der Waals surface area contributed by atoms with Crippen LogP contribution >= 0.6 is 0 Å². The Morgan fingerprint density at radius 3 is 3.15 bits per heavy atom. The number of carbonyl (C=O) groups excluding carboxylic acids is 1. The van der Waals surface area contributed by atoms with Gasteiger partial charge in [0, 0.05) is 6.54 Å². The summed E-state index contributed by atoms with van der Waals surface area (Å²) in [6.45, 7) is 0.561. The highest BCUT2D eigenvalue weighted by molar-refractivity contribution is 5.95. The second-order valence-electron chi connectivity index (χ2n) is 2.87. The largest absolute Gasteiger partial charge is 0.482 e. The number of amides is 1. The highest BCUT2D eigenvalue weighted by atomic mass is 16.5. The molecule has 2 rings (SSSR count). The molecule has 0 fully saturated rings. The number of rotatable bonds is 1. The first-order valence-corrected chi connectivity index (χ1v) is 4.05. The summed E-state index contributed by atoms with van der Waals surface area (Å²) in [6, 6.07) is 5.51. The summed E-state index contributed by atoms with van der Waals surface area (Å²) in [4.78, 5) is 10.9. The number of nitrogens with two attached hydrogens (primary N) is 1. The molecular formula is C9H10N2O2.